The van der Waals surface area contributed by atoms with Crippen molar-refractivity contribution in [1.82, 2.24) is 4.98 Å². The number of pyridine rings is 1. The van der Waals surface area contributed by atoms with Gasteiger partial charge in [-0.1, -0.05) is 18.2 Å². The molecule has 0 radical (unpaired) electrons. The zero-order valence-electron chi connectivity index (χ0n) is 8.93. The van der Waals surface area contributed by atoms with Crippen molar-refractivity contribution >= 4 is 10.9 Å². The van der Waals surface area contributed by atoms with Gasteiger partial charge in [-0.05, 0) is 30.5 Å². The van der Waals surface area contributed by atoms with Crippen LogP contribution in [0.25, 0.3) is 10.9 Å². The molecule has 0 amide bonds. The van der Waals surface area contributed by atoms with Gasteiger partial charge in [-0.2, -0.15) is 0 Å². The second kappa shape index (κ2) is 3.27. The fourth-order valence-corrected chi connectivity index (χ4v) is 2.39. The van der Waals surface area contributed by atoms with E-state index in [1.54, 1.807) is 6.20 Å². The van der Waals surface area contributed by atoms with Gasteiger partial charge in [0.05, 0.1) is 11.6 Å². The molecule has 0 atom stereocenters. The molecule has 0 spiro atoms. The van der Waals surface area contributed by atoms with Crippen LogP contribution >= 0.6 is 0 Å². The van der Waals surface area contributed by atoms with E-state index in [2.05, 4.69) is 4.98 Å². The molecule has 2 aromatic rings. The quantitative estimate of drug-likeness (QED) is 0.757. The summed E-state index contributed by atoms with van der Waals surface area (Å²) in [5, 5.41) is 10.5. The summed E-state index contributed by atoms with van der Waals surface area (Å²) < 4.78 is 0. The van der Waals surface area contributed by atoms with Gasteiger partial charge in [0, 0.05) is 17.1 Å². The number of aliphatic hydroxyl groups is 1. The molecule has 1 aliphatic rings. The average molecular weight is 214 g/mol. The molecule has 0 bridgehead atoms. The molecule has 1 heterocycles. The van der Waals surface area contributed by atoms with Gasteiger partial charge in [0.1, 0.15) is 0 Å². The summed E-state index contributed by atoms with van der Waals surface area (Å²) in [6.07, 6.45) is 2.83. The van der Waals surface area contributed by atoms with Crippen molar-refractivity contribution in [3.63, 3.8) is 0 Å². The number of aliphatic hydroxyl groups excluding tert-OH is 1. The average Bonchev–Trinajstić information content (AvgIpc) is 2.26. The van der Waals surface area contributed by atoms with E-state index in [0.29, 0.717) is 12.8 Å². The summed E-state index contributed by atoms with van der Waals surface area (Å²) in [6.45, 7) is 0. The van der Waals surface area contributed by atoms with Crippen molar-refractivity contribution < 1.29 is 5.11 Å². The highest BCUT2D eigenvalue weighted by Gasteiger charge is 2.41. The van der Waals surface area contributed by atoms with Crippen LogP contribution in [0.4, 0.5) is 0 Å². The smallest absolute Gasteiger partial charge is 0.0705 e. The lowest BCUT2D eigenvalue weighted by Crippen LogP contribution is -2.51. The van der Waals surface area contributed by atoms with E-state index < -0.39 is 0 Å². The van der Waals surface area contributed by atoms with Crippen molar-refractivity contribution in [2.24, 2.45) is 5.73 Å². The minimum atomic E-state index is -0.356. The predicted molar refractivity (Wildman–Crippen MR) is 62.8 cm³/mol. The van der Waals surface area contributed by atoms with Gasteiger partial charge in [-0.15, -0.1) is 0 Å². The summed E-state index contributed by atoms with van der Waals surface area (Å²) in [6, 6.07) is 10.1. The van der Waals surface area contributed by atoms with E-state index >= 15 is 0 Å². The maximum absolute atomic E-state index is 9.36. The number of fused-ring (bicyclic) bond motifs is 1. The van der Waals surface area contributed by atoms with E-state index in [1.165, 1.54) is 0 Å². The van der Waals surface area contributed by atoms with E-state index in [4.69, 9.17) is 5.73 Å². The van der Waals surface area contributed by atoms with Crippen LogP contribution in [0.1, 0.15) is 18.4 Å². The maximum atomic E-state index is 9.36. The summed E-state index contributed by atoms with van der Waals surface area (Å²) in [7, 11) is 0. The maximum Gasteiger partial charge on any atom is 0.0705 e. The molecule has 1 aromatic carbocycles. The van der Waals surface area contributed by atoms with E-state index in [9.17, 15) is 5.11 Å². The topological polar surface area (TPSA) is 59.1 Å². The summed E-state index contributed by atoms with van der Waals surface area (Å²) in [4.78, 5) is 4.31. The zero-order valence-corrected chi connectivity index (χ0v) is 8.93. The highest BCUT2D eigenvalue weighted by Crippen LogP contribution is 2.39. The van der Waals surface area contributed by atoms with Crippen LogP contribution in [0.5, 0.6) is 0 Å². The molecule has 1 fully saturated rings. The molecule has 3 N–H and O–H groups in total. The minimum Gasteiger partial charge on any atom is -0.393 e. The second-order valence-electron chi connectivity index (χ2n) is 4.63. The fraction of sp³-hybridized carbons (Fsp3) is 0.308. The Morgan fingerprint density at radius 2 is 2.12 bits per heavy atom. The third-order valence-corrected chi connectivity index (χ3v) is 3.38. The van der Waals surface area contributed by atoms with Crippen molar-refractivity contribution in [3.8, 4) is 0 Å². The lowest BCUT2D eigenvalue weighted by Gasteiger charge is -2.42. The van der Waals surface area contributed by atoms with Crippen molar-refractivity contribution in [2.75, 3.05) is 0 Å². The molecule has 16 heavy (non-hydrogen) atoms. The summed E-state index contributed by atoms with van der Waals surface area (Å²) in [5.41, 5.74) is 7.90. The van der Waals surface area contributed by atoms with Crippen LogP contribution in [0.3, 0.4) is 0 Å². The largest absolute Gasteiger partial charge is 0.393 e. The molecule has 1 saturated carbocycles. The second-order valence-corrected chi connectivity index (χ2v) is 4.63. The van der Waals surface area contributed by atoms with Crippen LogP contribution in [0.15, 0.2) is 36.5 Å². The minimum absolute atomic E-state index is 0.246. The Bertz CT molecular complexity index is 532. The Balaban J connectivity index is 2.06. The highest BCUT2D eigenvalue weighted by atomic mass is 16.3. The van der Waals surface area contributed by atoms with Crippen molar-refractivity contribution in [3.05, 3.63) is 42.1 Å². The Hall–Kier alpha value is -1.45. The van der Waals surface area contributed by atoms with Gasteiger partial charge in [-0.3, -0.25) is 4.98 Å². The van der Waals surface area contributed by atoms with Gasteiger partial charge in [0.25, 0.3) is 0 Å². The molecule has 0 aliphatic heterocycles. The van der Waals surface area contributed by atoms with E-state index in [0.717, 1.165) is 16.5 Å². The molecular weight excluding hydrogens is 200 g/mol. The Kier molecular flexibility index (Phi) is 1.99. The number of hydrogen-bond acceptors (Lipinski definition) is 3. The first-order valence-corrected chi connectivity index (χ1v) is 5.50. The first-order valence-electron chi connectivity index (χ1n) is 5.50. The Morgan fingerprint density at radius 3 is 2.88 bits per heavy atom. The molecule has 0 saturated heterocycles. The number of nitrogens with two attached hydrogens (primary N) is 1. The molecule has 3 rings (SSSR count). The third kappa shape index (κ3) is 1.40. The van der Waals surface area contributed by atoms with Gasteiger partial charge < -0.3 is 10.8 Å². The molecule has 3 nitrogen and oxygen atoms in total. The van der Waals surface area contributed by atoms with Crippen LogP contribution in [0.2, 0.25) is 0 Å². The van der Waals surface area contributed by atoms with Crippen LogP contribution in [0, 0.1) is 0 Å². The molecule has 3 heteroatoms. The number of benzene rings is 1. The number of rotatable bonds is 1. The first kappa shape index (κ1) is 9.75. The monoisotopic (exact) mass is 214 g/mol. The molecule has 1 aromatic heterocycles. The number of nitrogens with zero attached hydrogens (tertiary/aromatic N) is 1. The van der Waals surface area contributed by atoms with E-state index in [-0.39, 0.29) is 11.6 Å². The Labute approximate surface area is 93.9 Å². The van der Waals surface area contributed by atoms with Gasteiger partial charge in [0.2, 0.25) is 0 Å². The lowest BCUT2D eigenvalue weighted by atomic mass is 9.70. The molecule has 82 valence electrons. The van der Waals surface area contributed by atoms with Crippen LogP contribution in [-0.4, -0.2) is 16.2 Å². The first-order chi connectivity index (χ1) is 7.67. The van der Waals surface area contributed by atoms with Gasteiger partial charge >= 0.3 is 0 Å². The van der Waals surface area contributed by atoms with E-state index in [1.807, 2.05) is 30.3 Å². The zero-order chi connectivity index (χ0) is 11.2. The normalized spacial score (nSPS) is 29.0. The molecule has 0 unspecified atom stereocenters. The SMILES string of the molecule is NC1(c2ccc3cccnc3c2)CC(O)C1. The standard InChI is InChI=1S/C13H14N2O/c14-13(7-11(16)8-13)10-4-3-9-2-1-5-15-12(9)6-10/h1-6,11,16H,7-8,14H2. The Morgan fingerprint density at radius 1 is 1.31 bits per heavy atom. The molecular formula is C13H14N2O. The predicted octanol–water partition coefficient (Wildman–Crippen LogP) is 1.54. The van der Waals surface area contributed by atoms with Crippen molar-refractivity contribution in [2.45, 2.75) is 24.5 Å². The number of hydrogen-bond donors (Lipinski definition) is 2. The van der Waals surface area contributed by atoms with Gasteiger partial charge in [-0.25, -0.2) is 0 Å². The summed E-state index contributed by atoms with van der Waals surface area (Å²) >= 11 is 0. The van der Waals surface area contributed by atoms with Crippen LogP contribution < -0.4 is 5.73 Å². The number of aromatic nitrogens is 1. The van der Waals surface area contributed by atoms with Crippen molar-refractivity contribution in [1.29, 1.82) is 0 Å². The summed E-state index contributed by atoms with van der Waals surface area (Å²) in [5.74, 6) is 0. The lowest BCUT2D eigenvalue weighted by molar-refractivity contribution is 0.0210. The van der Waals surface area contributed by atoms with Gasteiger partial charge in [0.15, 0.2) is 0 Å². The highest BCUT2D eigenvalue weighted by molar-refractivity contribution is 5.79. The third-order valence-electron chi connectivity index (χ3n) is 3.38. The van der Waals surface area contributed by atoms with Crippen LogP contribution in [-0.2, 0) is 5.54 Å². The molecule has 1 aliphatic carbocycles. The fourth-order valence-electron chi connectivity index (χ4n) is 2.39.